The van der Waals surface area contributed by atoms with Crippen molar-refractivity contribution in [1.82, 2.24) is 19.9 Å². The fourth-order valence-electron chi connectivity index (χ4n) is 3.27. The van der Waals surface area contributed by atoms with Gasteiger partial charge in [0.15, 0.2) is 5.69 Å². The lowest BCUT2D eigenvalue weighted by atomic mass is 10.1. The molecule has 3 N–H and O–H groups in total. The fraction of sp³-hybridized carbons (Fsp3) is 0.471. The smallest absolute Gasteiger partial charge is 0.272 e. The number of aliphatic hydroxyl groups is 1. The number of nitrogens with one attached hydrogen (secondary N) is 2. The van der Waals surface area contributed by atoms with E-state index < -0.39 is 6.10 Å². The number of aromatic nitrogens is 3. The molecule has 24 heavy (non-hydrogen) atoms. The molecule has 0 aromatic carbocycles. The number of amides is 1. The lowest BCUT2D eigenvalue weighted by Crippen LogP contribution is -2.40. The maximum Gasteiger partial charge on any atom is 0.272 e. The first-order chi connectivity index (χ1) is 11.7. The summed E-state index contributed by atoms with van der Waals surface area (Å²) in [4.78, 5) is 20.7. The number of hydrogen-bond donors (Lipinski definition) is 3. The van der Waals surface area contributed by atoms with Crippen LogP contribution in [-0.2, 0) is 6.54 Å². The normalized spacial score (nSPS) is 23.2. The van der Waals surface area contributed by atoms with Gasteiger partial charge in [-0.2, -0.15) is 0 Å². The number of aliphatic hydroxyl groups excluding tert-OH is 1. The Labute approximate surface area is 141 Å². The highest BCUT2D eigenvalue weighted by atomic mass is 16.3. The molecule has 0 radical (unpaired) electrons. The number of hydrogen-bond acceptors (Lipinski definition) is 5. The van der Waals surface area contributed by atoms with Gasteiger partial charge in [-0.05, 0) is 37.8 Å². The lowest BCUT2D eigenvalue weighted by molar-refractivity contribution is 0.0869. The van der Waals surface area contributed by atoms with E-state index in [-0.39, 0.29) is 11.9 Å². The third kappa shape index (κ3) is 3.73. The first kappa shape index (κ1) is 16.4. The van der Waals surface area contributed by atoms with Crippen LogP contribution in [0.25, 0.3) is 0 Å². The van der Waals surface area contributed by atoms with Gasteiger partial charge in [0.25, 0.3) is 5.91 Å². The SMILES string of the molecule is CCNc1cccnc1C(=O)N[C@@H]1CC(Cn2ccnc2)C[C@H]1O. The third-order valence-electron chi connectivity index (χ3n) is 4.36. The van der Waals surface area contributed by atoms with Crippen molar-refractivity contribution in [2.75, 3.05) is 11.9 Å². The van der Waals surface area contributed by atoms with Crippen LogP contribution in [-0.4, -0.2) is 44.2 Å². The van der Waals surface area contributed by atoms with Gasteiger partial charge in [-0.1, -0.05) is 0 Å². The van der Waals surface area contributed by atoms with Crippen LogP contribution in [0.3, 0.4) is 0 Å². The van der Waals surface area contributed by atoms with Gasteiger partial charge in [-0.3, -0.25) is 4.79 Å². The second kappa shape index (κ2) is 7.44. The van der Waals surface area contributed by atoms with E-state index in [4.69, 9.17) is 0 Å². The molecule has 7 nitrogen and oxygen atoms in total. The van der Waals surface area contributed by atoms with E-state index in [0.717, 1.165) is 13.0 Å². The molecule has 3 rings (SSSR count). The Kier molecular flexibility index (Phi) is 5.10. The largest absolute Gasteiger partial charge is 0.391 e. The number of carbonyl (C=O) groups is 1. The van der Waals surface area contributed by atoms with Gasteiger partial charge in [0.2, 0.25) is 0 Å². The summed E-state index contributed by atoms with van der Waals surface area (Å²) in [5.74, 6) is 0.0651. The molecular weight excluding hydrogens is 306 g/mol. The van der Waals surface area contributed by atoms with Crippen molar-refractivity contribution in [3.05, 3.63) is 42.7 Å². The average Bonchev–Trinajstić information content (AvgIpc) is 3.19. The molecule has 0 bridgehead atoms. The van der Waals surface area contributed by atoms with E-state index in [2.05, 4.69) is 20.6 Å². The van der Waals surface area contributed by atoms with Crippen LogP contribution in [0.2, 0.25) is 0 Å². The Bertz CT molecular complexity index is 673. The zero-order valence-corrected chi connectivity index (χ0v) is 13.7. The van der Waals surface area contributed by atoms with Crippen LogP contribution >= 0.6 is 0 Å². The summed E-state index contributed by atoms with van der Waals surface area (Å²) in [6, 6.07) is 3.38. The van der Waals surface area contributed by atoms with Crippen LogP contribution in [0.4, 0.5) is 5.69 Å². The molecule has 1 aliphatic carbocycles. The van der Waals surface area contributed by atoms with Gasteiger partial charge < -0.3 is 20.3 Å². The summed E-state index contributed by atoms with van der Waals surface area (Å²) in [5.41, 5.74) is 1.07. The predicted octanol–water partition coefficient (Wildman–Crippen LogP) is 1.28. The summed E-state index contributed by atoms with van der Waals surface area (Å²) in [6.45, 7) is 3.48. The fourth-order valence-corrected chi connectivity index (χ4v) is 3.27. The van der Waals surface area contributed by atoms with E-state index in [0.29, 0.717) is 30.3 Å². The van der Waals surface area contributed by atoms with Crippen molar-refractivity contribution in [1.29, 1.82) is 0 Å². The lowest BCUT2D eigenvalue weighted by Gasteiger charge is -2.17. The quantitative estimate of drug-likeness (QED) is 0.742. The van der Waals surface area contributed by atoms with Crippen molar-refractivity contribution in [2.45, 2.75) is 38.5 Å². The van der Waals surface area contributed by atoms with E-state index in [1.807, 2.05) is 23.8 Å². The summed E-state index contributed by atoms with van der Waals surface area (Å²) in [6.07, 6.45) is 7.91. The number of imidazole rings is 1. The maximum absolute atomic E-state index is 12.5. The van der Waals surface area contributed by atoms with Crippen molar-refractivity contribution >= 4 is 11.6 Å². The van der Waals surface area contributed by atoms with E-state index in [1.165, 1.54) is 0 Å². The minimum Gasteiger partial charge on any atom is -0.391 e. The molecule has 1 amide bonds. The number of anilines is 1. The Morgan fingerprint density at radius 3 is 3.04 bits per heavy atom. The molecule has 2 heterocycles. The van der Waals surface area contributed by atoms with Crippen molar-refractivity contribution in [3.63, 3.8) is 0 Å². The number of pyridine rings is 1. The summed E-state index contributed by atoms with van der Waals surface area (Å²) in [7, 11) is 0. The first-order valence-corrected chi connectivity index (χ1v) is 8.31. The minimum absolute atomic E-state index is 0.248. The highest BCUT2D eigenvalue weighted by molar-refractivity contribution is 5.97. The number of nitrogens with zero attached hydrogens (tertiary/aromatic N) is 3. The van der Waals surface area contributed by atoms with Crippen LogP contribution in [0.5, 0.6) is 0 Å². The molecule has 0 aliphatic heterocycles. The molecule has 0 saturated heterocycles. The summed E-state index contributed by atoms with van der Waals surface area (Å²) < 4.78 is 2.00. The molecule has 3 atom stereocenters. The van der Waals surface area contributed by atoms with Crippen LogP contribution in [0, 0.1) is 5.92 Å². The van der Waals surface area contributed by atoms with Crippen molar-refractivity contribution < 1.29 is 9.90 Å². The average molecular weight is 329 g/mol. The molecule has 2 aromatic rings. The molecule has 1 aliphatic rings. The van der Waals surface area contributed by atoms with E-state index in [9.17, 15) is 9.90 Å². The summed E-state index contributed by atoms with van der Waals surface area (Å²) in [5, 5.41) is 16.4. The molecular formula is C17H23N5O2. The minimum atomic E-state index is -0.534. The predicted molar refractivity (Wildman–Crippen MR) is 90.6 cm³/mol. The second-order valence-electron chi connectivity index (χ2n) is 6.17. The van der Waals surface area contributed by atoms with Crippen LogP contribution in [0.1, 0.15) is 30.3 Å². The van der Waals surface area contributed by atoms with Crippen LogP contribution < -0.4 is 10.6 Å². The van der Waals surface area contributed by atoms with Gasteiger partial charge in [0.1, 0.15) is 0 Å². The number of carbonyl (C=O) groups excluding carboxylic acids is 1. The molecule has 1 saturated carbocycles. The summed E-state index contributed by atoms with van der Waals surface area (Å²) >= 11 is 0. The Morgan fingerprint density at radius 1 is 1.42 bits per heavy atom. The van der Waals surface area contributed by atoms with Gasteiger partial charge >= 0.3 is 0 Å². The Hall–Kier alpha value is -2.41. The standard InChI is InChI=1S/C17H23N5O2/c1-2-19-13-4-3-5-20-16(13)17(24)21-14-8-12(9-15(14)23)10-22-7-6-18-11-22/h3-7,11-12,14-15,19,23H,2,8-10H2,1H3,(H,21,24)/t12?,14-,15-/m1/s1. The maximum atomic E-state index is 12.5. The second-order valence-corrected chi connectivity index (χ2v) is 6.17. The van der Waals surface area contributed by atoms with Gasteiger partial charge in [0.05, 0.1) is 24.2 Å². The van der Waals surface area contributed by atoms with Crippen molar-refractivity contribution in [3.8, 4) is 0 Å². The highest BCUT2D eigenvalue weighted by Gasteiger charge is 2.34. The highest BCUT2D eigenvalue weighted by Crippen LogP contribution is 2.28. The van der Waals surface area contributed by atoms with Gasteiger partial charge in [0, 0.05) is 31.7 Å². The van der Waals surface area contributed by atoms with Crippen molar-refractivity contribution in [2.24, 2.45) is 5.92 Å². The van der Waals surface area contributed by atoms with Gasteiger partial charge in [-0.25, -0.2) is 9.97 Å². The Balaban J connectivity index is 1.62. The van der Waals surface area contributed by atoms with E-state index in [1.54, 1.807) is 24.8 Å². The third-order valence-corrected chi connectivity index (χ3v) is 4.36. The molecule has 1 unspecified atom stereocenters. The monoisotopic (exact) mass is 329 g/mol. The molecule has 128 valence electrons. The first-order valence-electron chi connectivity index (χ1n) is 8.31. The Morgan fingerprint density at radius 2 is 2.29 bits per heavy atom. The molecule has 0 spiro atoms. The van der Waals surface area contributed by atoms with Gasteiger partial charge in [-0.15, -0.1) is 0 Å². The molecule has 1 fully saturated rings. The zero-order valence-electron chi connectivity index (χ0n) is 13.7. The molecule has 2 aromatic heterocycles. The van der Waals surface area contributed by atoms with Crippen LogP contribution in [0.15, 0.2) is 37.1 Å². The molecule has 7 heteroatoms. The van der Waals surface area contributed by atoms with E-state index >= 15 is 0 Å². The zero-order chi connectivity index (χ0) is 16.9. The topological polar surface area (TPSA) is 92.1 Å². The number of rotatable bonds is 6.